The predicted octanol–water partition coefficient (Wildman–Crippen LogP) is 4.69. The molecule has 25 heavy (non-hydrogen) atoms. The molecule has 0 aliphatic carbocycles. The largest absolute Gasteiger partial charge is 0.422 e. The Balaban J connectivity index is 1.79. The summed E-state index contributed by atoms with van der Waals surface area (Å²) in [5, 5.41) is 4.54. The summed E-state index contributed by atoms with van der Waals surface area (Å²) in [6.45, 7) is 7.78. The van der Waals surface area contributed by atoms with Crippen molar-refractivity contribution >= 4 is 11.0 Å². The van der Waals surface area contributed by atoms with Gasteiger partial charge in [0.05, 0.1) is 0 Å². The van der Waals surface area contributed by atoms with E-state index in [4.69, 9.17) is 4.42 Å². The zero-order chi connectivity index (χ0) is 17.8. The molecule has 1 heterocycles. The summed E-state index contributed by atoms with van der Waals surface area (Å²) in [5.74, 6) is 0.469. The molecular weight excluding hydrogens is 310 g/mol. The lowest BCUT2D eigenvalue weighted by Gasteiger charge is -2.17. The molecule has 0 bridgehead atoms. The molecule has 1 atom stereocenters. The molecular formula is C22H25NO2. The molecule has 1 aromatic heterocycles. The highest BCUT2D eigenvalue weighted by atomic mass is 16.4. The third kappa shape index (κ3) is 3.83. The van der Waals surface area contributed by atoms with E-state index in [-0.39, 0.29) is 5.63 Å². The van der Waals surface area contributed by atoms with Gasteiger partial charge in [-0.2, -0.15) is 0 Å². The summed E-state index contributed by atoms with van der Waals surface area (Å²) in [6.07, 6.45) is 1.08. The highest BCUT2D eigenvalue weighted by molar-refractivity contribution is 5.83. The standard InChI is InChI=1S/C22H25NO2/c1-4-17(18-8-6-5-7-9-18)13-23-14-19-12-21(24)25-22-16(3)15(2)10-11-20(19)22/h5-12,17,23H,4,13-14H2,1-3H3/t17-/m1/s1. The van der Waals surface area contributed by atoms with Crippen molar-refractivity contribution in [3.63, 3.8) is 0 Å². The molecule has 2 aromatic carbocycles. The Hall–Kier alpha value is -2.39. The molecule has 0 fully saturated rings. The van der Waals surface area contributed by atoms with Crippen LogP contribution in [-0.4, -0.2) is 6.54 Å². The second kappa shape index (κ2) is 7.66. The van der Waals surface area contributed by atoms with E-state index in [0.717, 1.165) is 35.0 Å². The quantitative estimate of drug-likeness (QED) is 0.664. The third-order valence-electron chi connectivity index (χ3n) is 4.99. The summed E-state index contributed by atoms with van der Waals surface area (Å²) in [4.78, 5) is 11.9. The van der Waals surface area contributed by atoms with Crippen molar-refractivity contribution in [3.05, 3.63) is 81.2 Å². The Morgan fingerprint density at radius 1 is 1.08 bits per heavy atom. The average Bonchev–Trinajstić information content (AvgIpc) is 2.63. The van der Waals surface area contributed by atoms with Gasteiger partial charge in [-0.05, 0) is 48.4 Å². The fourth-order valence-electron chi connectivity index (χ4n) is 3.27. The first-order chi connectivity index (χ1) is 12.1. The van der Waals surface area contributed by atoms with E-state index in [2.05, 4.69) is 42.6 Å². The molecule has 3 heteroatoms. The van der Waals surface area contributed by atoms with Crippen LogP contribution in [0.1, 0.15) is 41.5 Å². The molecule has 3 aromatic rings. The highest BCUT2D eigenvalue weighted by Gasteiger charge is 2.11. The van der Waals surface area contributed by atoms with Crippen molar-refractivity contribution in [3.8, 4) is 0 Å². The molecule has 0 unspecified atom stereocenters. The van der Waals surface area contributed by atoms with Gasteiger partial charge in [0.1, 0.15) is 5.58 Å². The third-order valence-corrected chi connectivity index (χ3v) is 4.99. The van der Waals surface area contributed by atoms with Crippen LogP contribution in [0.4, 0.5) is 0 Å². The Morgan fingerprint density at radius 2 is 1.84 bits per heavy atom. The van der Waals surface area contributed by atoms with Gasteiger partial charge in [0.2, 0.25) is 0 Å². The van der Waals surface area contributed by atoms with Gasteiger partial charge in [0.25, 0.3) is 0 Å². The normalized spacial score (nSPS) is 12.4. The molecule has 0 spiro atoms. The van der Waals surface area contributed by atoms with E-state index in [1.54, 1.807) is 6.07 Å². The molecule has 0 amide bonds. The van der Waals surface area contributed by atoms with E-state index in [1.165, 1.54) is 5.56 Å². The minimum Gasteiger partial charge on any atom is -0.422 e. The molecule has 130 valence electrons. The molecule has 0 radical (unpaired) electrons. The van der Waals surface area contributed by atoms with Crippen LogP contribution in [0.3, 0.4) is 0 Å². The van der Waals surface area contributed by atoms with E-state index >= 15 is 0 Å². The van der Waals surface area contributed by atoms with Crippen molar-refractivity contribution in [2.75, 3.05) is 6.54 Å². The summed E-state index contributed by atoms with van der Waals surface area (Å²) < 4.78 is 5.45. The van der Waals surface area contributed by atoms with E-state index in [1.807, 2.05) is 26.0 Å². The van der Waals surface area contributed by atoms with E-state index < -0.39 is 0 Å². The zero-order valence-corrected chi connectivity index (χ0v) is 15.1. The highest BCUT2D eigenvalue weighted by Crippen LogP contribution is 2.23. The first-order valence-electron chi connectivity index (χ1n) is 8.88. The molecule has 3 nitrogen and oxygen atoms in total. The monoisotopic (exact) mass is 335 g/mol. The molecule has 0 aliphatic heterocycles. The van der Waals surface area contributed by atoms with Crippen LogP contribution in [-0.2, 0) is 6.54 Å². The second-order valence-corrected chi connectivity index (χ2v) is 6.62. The number of hydrogen-bond acceptors (Lipinski definition) is 3. The van der Waals surface area contributed by atoms with Crippen LogP contribution in [0.2, 0.25) is 0 Å². The van der Waals surface area contributed by atoms with Gasteiger partial charge in [0.15, 0.2) is 0 Å². The maximum Gasteiger partial charge on any atom is 0.336 e. The molecule has 1 N–H and O–H groups in total. The van der Waals surface area contributed by atoms with Gasteiger partial charge in [-0.15, -0.1) is 0 Å². The van der Waals surface area contributed by atoms with Crippen LogP contribution < -0.4 is 10.9 Å². The SMILES string of the molecule is CC[C@H](CNCc1cc(=O)oc2c(C)c(C)ccc12)c1ccccc1. The fraction of sp³-hybridized carbons (Fsp3) is 0.318. The van der Waals surface area contributed by atoms with Crippen molar-refractivity contribution < 1.29 is 4.42 Å². The van der Waals surface area contributed by atoms with Crippen LogP contribution in [0.15, 0.2) is 57.7 Å². The van der Waals surface area contributed by atoms with Crippen LogP contribution in [0.5, 0.6) is 0 Å². The molecule has 3 rings (SSSR count). The number of aryl methyl sites for hydroxylation is 2. The van der Waals surface area contributed by atoms with Gasteiger partial charge in [-0.1, -0.05) is 49.4 Å². The van der Waals surface area contributed by atoms with Crippen LogP contribution >= 0.6 is 0 Å². The smallest absolute Gasteiger partial charge is 0.336 e. The lowest BCUT2D eigenvalue weighted by Crippen LogP contribution is -2.21. The Labute approximate surface area is 148 Å². The Morgan fingerprint density at radius 3 is 2.56 bits per heavy atom. The predicted molar refractivity (Wildman–Crippen MR) is 103 cm³/mol. The Bertz CT molecular complexity index is 912. The number of hydrogen-bond donors (Lipinski definition) is 1. The van der Waals surface area contributed by atoms with Gasteiger partial charge in [-0.3, -0.25) is 0 Å². The van der Waals surface area contributed by atoms with Gasteiger partial charge in [-0.25, -0.2) is 4.79 Å². The molecule has 0 saturated heterocycles. The summed E-state index contributed by atoms with van der Waals surface area (Å²) in [5.41, 5.74) is 4.94. The lowest BCUT2D eigenvalue weighted by atomic mass is 9.96. The zero-order valence-electron chi connectivity index (χ0n) is 15.1. The average molecular weight is 335 g/mol. The van der Waals surface area contributed by atoms with Gasteiger partial charge >= 0.3 is 5.63 Å². The summed E-state index contributed by atoms with van der Waals surface area (Å²) in [7, 11) is 0. The molecule has 0 saturated carbocycles. The first kappa shape index (κ1) is 17.4. The van der Waals surface area contributed by atoms with Gasteiger partial charge < -0.3 is 9.73 Å². The number of fused-ring (bicyclic) bond motifs is 1. The first-order valence-corrected chi connectivity index (χ1v) is 8.88. The van der Waals surface area contributed by atoms with E-state index in [0.29, 0.717) is 18.0 Å². The van der Waals surface area contributed by atoms with E-state index in [9.17, 15) is 4.79 Å². The van der Waals surface area contributed by atoms with Crippen molar-refractivity contribution in [2.45, 2.75) is 39.7 Å². The number of nitrogens with one attached hydrogen (secondary N) is 1. The number of benzene rings is 2. The molecule has 0 aliphatic rings. The maximum atomic E-state index is 11.9. The summed E-state index contributed by atoms with van der Waals surface area (Å²) >= 11 is 0. The topological polar surface area (TPSA) is 42.2 Å². The Kier molecular flexibility index (Phi) is 5.34. The van der Waals surface area contributed by atoms with Crippen molar-refractivity contribution in [1.29, 1.82) is 0 Å². The van der Waals surface area contributed by atoms with Crippen LogP contribution in [0.25, 0.3) is 11.0 Å². The van der Waals surface area contributed by atoms with Crippen LogP contribution in [0, 0.1) is 13.8 Å². The second-order valence-electron chi connectivity index (χ2n) is 6.62. The minimum atomic E-state index is -0.284. The van der Waals surface area contributed by atoms with Gasteiger partial charge in [0, 0.05) is 24.5 Å². The number of rotatable bonds is 6. The minimum absolute atomic E-state index is 0.284. The lowest BCUT2D eigenvalue weighted by molar-refractivity contribution is 0.547. The van der Waals surface area contributed by atoms with Crippen molar-refractivity contribution in [1.82, 2.24) is 5.32 Å². The van der Waals surface area contributed by atoms with Crippen molar-refractivity contribution in [2.24, 2.45) is 0 Å². The maximum absolute atomic E-state index is 11.9. The summed E-state index contributed by atoms with van der Waals surface area (Å²) in [6, 6.07) is 16.3. The fourth-order valence-corrected chi connectivity index (χ4v) is 3.27.